The van der Waals surface area contributed by atoms with Gasteiger partial charge in [-0.3, -0.25) is 14.3 Å². The minimum absolute atomic E-state index is 0.0613. The maximum atomic E-state index is 12.4. The molecule has 0 bridgehead atoms. The number of hydrogen-bond acceptors (Lipinski definition) is 3. The zero-order valence-electron chi connectivity index (χ0n) is 11.6. The van der Waals surface area contributed by atoms with E-state index in [-0.39, 0.29) is 11.7 Å². The lowest BCUT2D eigenvalue weighted by Crippen LogP contribution is -2.35. The van der Waals surface area contributed by atoms with Crippen LogP contribution in [0.3, 0.4) is 0 Å². The first-order chi connectivity index (χ1) is 9.43. The average molecular weight is 294 g/mol. The van der Waals surface area contributed by atoms with E-state index in [9.17, 15) is 9.59 Å². The highest BCUT2D eigenvalue weighted by atomic mass is 35.5. The normalized spacial score (nSPS) is 11.1. The largest absolute Gasteiger partial charge is 0.348 e. The van der Waals surface area contributed by atoms with E-state index in [0.717, 1.165) is 0 Å². The van der Waals surface area contributed by atoms with Crippen LogP contribution in [0.1, 0.15) is 31.3 Å². The Morgan fingerprint density at radius 3 is 2.75 bits per heavy atom. The van der Waals surface area contributed by atoms with Crippen molar-refractivity contribution in [2.45, 2.75) is 33.4 Å². The average Bonchev–Trinajstić information content (AvgIpc) is 2.38. The SMILES string of the molecule is CCn1nc(C(=O)NC(C)C)c(=O)c2cc(Cl)ccc21. The van der Waals surface area contributed by atoms with Crippen LogP contribution in [0.2, 0.25) is 5.02 Å². The van der Waals surface area contributed by atoms with Gasteiger partial charge < -0.3 is 5.32 Å². The Kier molecular flexibility index (Phi) is 4.09. The van der Waals surface area contributed by atoms with Crippen LogP contribution < -0.4 is 10.7 Å². The molecule has 1 heterocycles. The third kappa shape index (κ3) is 2.67. The lowest BCUT2D eigenvalue weighted by Gasteiger charge is -2.12. The number of fused-ring (bicyclic) bond motifs is 1. The second-order valence-electron chi connectivity index (χ2n) is 4.78. The molecule has 2 rings (SSSR count). The fourth-order valence-corrected chi connectivity index (χ4v) is 2.15. The molecule has 2 aromatic rings. The summed E-state index contributed by atoms with van der Waals surface area (Å²) in [5.74, 6) is -0.464. The summed E-state index contributed by atoms with van der Waals surface area (Å²) in [5, 5.41) is 7.70. The predicted octanol–water partition coefficient (Wildman–Crippen LogP) is 2.21. The van der Waals surface area contributed by atoms with E-state index in [1.54, 1.807) is 22.9 Å². The Balaban J connectivity index is 2.71. The first-order valence-corrected chi connectivity index (χ1v) is 6.83. The van der Waals surface area contributed by atoms with Crippen LogP contribution in [0, 0.1) is 0 Å². The Bertz CT molecular complexity index is 722. The summed E-state index contributed by atoms with van der Waals surface area (Å²) in [5.41, 5.74) is 0.170. The molecule has 106 valence electrons. The molecule has 0 atom stereocenters. The van der Waals surface area contributed by atoms with Gasteiger partial charge in [0, 0.05) is 17.6 Å². The van der Waals surface area contributed by atoms with Crippen molar-refractivity contribution in [3.05, 3.63) is 39.1 Å². The van der Waals surface area contributed by atoms with E-state index in [2.05, 4.69) is 10.4 Å². The van der Waals surface area contributed by atoms with Gasteiger partial charge in [-0.05, 0) is 39.0 Å². The van der Waals surface area contributed by atoms with Gasteiger partial charge in [0.05, 0.1) is 10.9 Å². The lowest BCUT2D eigenvalue weighted by atomic mass is 10.2. The molecule has 1 aromatic carbocycles. The van der Waals surface area contributed by atoms with Crippen LogP contribution in [-0.4, -0.2) is 21.7 Å². The van der Waals surface area contributed by atoms with Gasteiger partial charge in [-0.2, -0.15) is 5.10 Å². The summed E-state index contributed by atoms with van der Waals surface area (Å²) in [4.78, 5) is 24.4. The molecule has 6 heteroatoms. The van der Waals surface area contributed by atoms with Crippen molar-refractivity contribution in [1.82, 2.24) is 15.1 Å². The van der Waals surface area contributed by atoms with Crippen LogP contribution in [0.25, 0.3) is 10.9 Å². The van der Waals surface area contributed by atoms with Crippen molar-refractivity contribution in [2.24, 2.45) is 0 Å². The molecule has 0 fully saturated rings. The van der Waals surface area contributed by atoms with Gasteiger partial charge in [0.2, 0.25) is 5.43 Å². The van der Waals surface area contributed by atoms with Crippen LogP contribution in [-0.2, 0) is 6.54 Å². The van der Waals surface area contributed by atoms with Gasteiger partial charge in [0.15, 0.2) is 5.69 Å². The van der Waals surface area contributed by atoms with Crippen molar-refractivity contribution in [3.63, 3.8) is 0 Å². The molecule has 1 amide bonds. The molecule has 1 N–H and O–H groups in total. The van der Waals surface area contributed by atoms with Crippen LogP contribution in [0.4, 0.5) is 0 Å². The third-order valence-corrected chi connectivity index (χ3v) is 3.09. The van der Waals surface area contributed by atoms with Crippen LogP contribution in [0.15, 0.2) is 23.0 Å². The smallest absolute Gasteiger partial charge is 0.276 e. The summed E-state index contributed by atoms with van der Waals surface area (Å²) >= 11 is 5.93. The molecule has 0 radical (unpaired) electrons. The molecule has 20 heavy (non-hydrogen) atoms. The number of nitrogens with one attached hydrogen (secondary N) is 1. The second-order valence-corrected chi connectivity index (χ2v) is 5.22. The van der Waals surface area contributed by atoms with Crippen molar-refractivity contribution >= 4 is 28.4 Å². The summed E-state index contributed by atoms with van der Waals surface area (Å²) in [6, 6.07) is 4.94. The number of amides is 1. The molecule has 0 saturated heterocycles. The molecule has 0 saturated carbocycles. The van der Waals surface area contributed by atoms with E-state index in [1.165, 1.54) is 0 Å². The Labute approximate surface area is 121 Å². The number of carbonyl (C=O) groups excluding carboxylic acids is 1. The highest BCUT2D eigenvalue weighted by Gasteiger charge is 2.17. The van der Waals surface area contributed by atoms with E-state index in [4.69, 9.17) is 11.6 Å². The summed E-state index contributed by atoms with van der Waals surface area (Å²) in [7, 11) is 0. The van der Waals surface area contributed by atoms with Gasteiger partial charge in [-0.1, -0.05) is 11.6 Å². The van der Waals surface area contributed by atoms with E-state index in [0.29, 0.717) is 22.5 Å². The van der Waals surface area contributed by atoms with Crippen molar-refractivity contribution in [1.29, 1.82) is 0 Å². The van der Waals surface area contributed by atoms with Gasteiger partial charge >= 0.3 is 0 Å². The minimum Gasteiger partial charge on any atom is -0.348 e. The first kappa shape index (κ1) is 14.5. The molecular formula is C14H16ClN3O2. The van der Waals surface area contributed by atoms with E-state index < -0.39 is 11.3 Å². The molecular weight excluding hydrogens is 278 g/mol. The molecule has 0 aliphatic carbocycles. The van der Waals surface area contributed by atoms with Crippen molar-refractivity contribution < 1.29 is 4.79 Å². The van der Waals surface area contributed by atoms with E-state index in [1.807, 2.05) is 20.8 Å². The van der Waals surface area contributed by atoms with E-state index >= 15 is 0 Å². The molecule has 0 aliphatic rings. The lowest BCUT2D eigenvalue weighted by molar-refractivity contribution is 0.0935. The fraction of sp³-hybridized carbons (Fsp3) is 0.357. The summed E-state index contributed by atoms with van der Waals surface area (Å²) in [6.45, 7) is 6.11. The topological polar surface area (TPSA) is 64.0 Å². The Hall–Kier alpha value is -1.88. The number of aryl methyl sites for hydroxylation is 1. The van der Waals surface area contributed by atoms with Crippen molar-refractivity contribution in [3.8, 4) is 0 Å². The third-order valence-electron chi connectivity index (χ3n) is 2.85. The molecule has 5 nitrogen and oxygen atoms in total. The number of nitrogens with zero attached hydrogens (tertiary/aromatic N) is 2. The van der Waals surface area contributed by atoms with Crippen LogP contribution >= 0.6 is 11.6 Å². The Morgan fingerprint density at radius 2 is 2.15 bits per heavy atom. The van der Waals surface area contributed by atoms with Gasteiger partial charge in [-0.15, -0.1) is 0 Å². The maximum absolute atomic E-state index is 12.4. The monoisotopic (exact) mass is 293 g/mol. The van der Waals surface area contributed by atoms with Crippen molar-refractivity contribution in [2.75, 3.05) is 0 Å². The van der Waals surface area contributed by atoms with Crippen LogP contribution in [0.5, 0.6) is 0 Å². The predicted molar refractivity (Wildman–Crippen MR) is 79.3 cm³/mol. The number of hydrogen-bond donors (Lipinski definition) is 1. The maximum Gasteiger partial charge on any atom is 0.276 e. The fourth-order valence-electron chi connectivity index (χ4n) is 1.98. The number of aromatic nitrogens is 2. The summed E-state index contributed by atoms with van der Waals surface area (Å²) in [6.07, 6.45) is 0. The standard InChI is InChI=1S/C14H16ClN3O2/c1-4-18-11-6-5-9(15)7-10(11)13(19)12(17-18)14(20)16-8(2)3/h5-8H,4H2,1-3H3,(H,16,20). The number of rotatable bonds is 3. The summed E-state index contributed by atoms with van der Waals surface area (Å²) < 4.78 is 1.63. The van der Waals surface area contributed by atoms with Gasteiger partial charge in [-0.25, -0.2) is 0 Å². The Morgan fingerprint density at radius 1 is 1.45 bits per heavy atom. The molecule has 0 aliphatic heterocycles. The van der Waals surface area contributed by atoms with Gasteiger partial charge in [0.25, 0.3) is 5.91 Å². The molecule has 0 unspecified atom stereocenters. The highest BCUT2D eigenvalue weighted by molar-refractivity contribution is 6.31. The number of carbonyl (C=O) groups is 1. The molecule has 1 aromatic heterocycles. The second kappa shape index (κ2) is 5.63. The number of benzene rings is 1. The van der Waals surface area contributed by atoms with Gasteiger partial charge in [0.1, 0.15) is 0 Å². The number of halogens is 1. The quantitative estimate of drug-likeness (QED) is 0.943. The highest BCUT2D eigenvalue weighted by Crippen LogP contribution is 2.16. The zero-order chi connectivity index (χ0) is 14.9. The molecule has 0 spiro atoms. The first-order valence-electron chi connectivity index (χ1n) is 6.45. The zero-order valence-corrected chi connectivity index (χ0v) is 12.4. The minimum atomic E-state index is -0.464.